The Bertz CT molecular complexity index is 158. The second kappa shape index (κ2) is 2.22. The van der Waals surface area contributed by atoms with Crippen molar-refractivity contribution in [2.75, 3.05) is 6.54 Å². The molecule has 2 saturated carbocycles. The van der Waals surface area contributed by atoms with Crippen LogP contribution < -0.4 is 5.73 Å². The van der Waals surface area contributed by atoms with Gasteiger partial charge in [0.15, 0.2) is 0 Å². The van der Waals surface area contributed by atoms with Crippen LogP contribution in [0.25, 0.3) is 0 Å². The average molecular weight is 153 g/mol. The Morgan fingerprint density at radius 2 is 2.00 bits per heavy atom. The van der Waals surface area contributed by atoms with Crippen LogP contribution in [-0.2, 0) is 0 Å². The third kappa shape index (κ3) is 1.20. The van der Waals surface area contributed by atoms with E-state index in [2.05, 4.69) is 13.8 Å². The molecule has 0 aromatic rings. The molecule has 11 heavy (non-hydrogen) atoms. The van der Waals surface area contributed by atoms with Crippen LogP contribution in [0.4, 0.5) is 0 Å². The first-order chi connectivity index (χ1) is 5.16. The van der Waals surface area contributed by atoms with Gasteiger partial charge in [-0.15, -0.1) is 0 Å². The first-order valence-corrected chi connectivity index (χ1v) is 4.86. The van der Waals surface area contributed by atoms with Crippen molar-refractivity contribution in [3.8, 4) is 0 Å². The standard InChI is InChI=1S/C10H19N/c1-10(2,8-3-4-8)9-5-7(9)6-11/h7-9H,3-6,11H2,1-2H3. The van der Waals surface area contributed by atoms with Gasteiger partial charge in [-0.2, -0.15) is 0 Å². The van der Waals surface area contributed by atoms with Gasteiger partial charge < -0.3 is 5.73 Å². The van der Waals surface area contributed by atoms with Gasteiger partial charge in [-0.3, -0.25) is 0 Å². The Hall–Kier alpha value is -0.0400. The summed E-state index contributed by atoms with van der Waals surface area (Å²) in [5, 5.41) is 0. The van der Waals surface area contributed by atoms with Crippen LogP contribution in [0.1, 0.15) is 33.1 Å². The highest BCUT2D eigenvalue weighted by Crippen LogP contribution is 2.59. The van der Waals surface area contributed by atoms with E-state index in [0.29, 0.717) is 5.41 Å². The minimum absolute atomic E-state index is 0.615. The molecule has 2 rings (SSSR count). The average Bonchev–Trinajstić information content (AvgIpc) is 2.83. The molecule has 0 aromatic carbocycles. The van der Waals surface area contributed by atoms with Crippen molar-refractivity contribution in [2.24, 2.45) is 28.9 Å². The van der Waals surface area contributed by atoms with Crippen molar-refractivity contribution in [2.45, 2.75) is 33.1 Å². The quantitative estimate of drug-likeness (QED) is 0.659. The maximum atomic E-state index is 5.64. The third-order valence-electron chi connectivity index (χ3n) is 3.81. The summed E-state index contributed by atoms with van der Waals surface area (Å²) in [6.45, 7) is 5.79. The van der Waals surface area contributed by atoms with Gasteiger partial charge in [0, 0.05) is 0 Å². The molecule has 0 saturated heterocycles. The van der Waals surface area contributed by atoms with E-state index < -0.39 is 0 Å². The third-order valence-corrected chi connectivity index (χ3v) is 3.81. The van der Waals surface area contributed by atoms with Crippen LogP contribution in [0.2, 0.25) is 0 Å². The molecule has 0 heterocycles. The minimum atomic E-state index is 0.615. The summed E-state index contributed by atoms with van der Waals surface area (Å²) >= 11 is 0. The fraction of sp³-hybridized carbons (Fsp3) is 1.00. The lowest BCUT2D eigenvalue weighted by Crippen LogP contribution is -2.19. The first-order valence-electron chi connectivity index (χ1n) is 4.86. The van der Waals surface area contributed by atoms with Crippen LogP contribution in [0.5, 0.6) is 0 Å². The largest absolute Gasteiger partial charge is 0.330 e. The molecule has 0 aliphatic heterocycles. The highest BCUT2D eigenvalue weighted by Gasteiger charge is 2.52. The van der Waals surface area contributed by atoms with Gasteiger partial charge in [0.2, 0.25) is 0 Å². The highest BCUT2D eigenvalue weighted by molar-refractivity contribution is 5.02. The van der Waals surface area contributed by atoms with Gasteiger partial charge in [-0.1, -0.05) is 13.8 Å². The minimum Gasteiger partial charge on any atom is -0.330 e. The molecule has 2 atom stereocenters. The van der Waals surface area contributed by atoms with Crippen molar-refractivity contribution in [1.29, 1.82) is 0 Å². The van der Waals surface area contributed by atoms with Crippen LogP contribution in [0.3, 0.4) is 0 Å². The molecule has 0 radical (unpaired) electrons. The molecular weight excluding hydrogens is 134 g/mol. The van der Waals surface area contributed by atoms with E-state index in [1.807, 2.05) is 0 Å². The molecule has 64 valence electrons. The van der Waals surface area contributed by atoms with Crippen molar-refractivity contribution in [1.82, 2.24) is 0 Å². The van der Waals surface area contributed by atoms with Crippen LogP contribution in [-0.4, -0.2) is 6.54 Å². The molecule has 2 aliphatic rings. The van der Waals surface area contributed by atoms with Crippen LogP contribution in [0.15, 0.2) is 0 Å². The lowest BCUT2D eigenvalue weighted by atomic mass is 9.81. The van der Waals surface area contributed by atoms with Gasteiger partial charge in [-0.05, 0) is 49.0 Å². The summed E-state index contributed by atoms with van der Waals surface area (Å²) in [5.41, 5.74) is 6.26. The number of hydrogen-bond donors (Lipinski definition) is 1. The van der Waals surface area contributed by atoms with Crippen LogP contribution in [0, 0.1) is 23.2 Å². The van der Waals surface area contributed by atoms with Gasteiger partial charge in [0.1, 0.15) is 0 Å². The molecule has 1 nitrogen and oxygen atoms in total. The molecule has 0 aromatic heterocycles. The summed E-state index contributed by atoms with van der Waals surface area (Å²) in [4.78, 5) is 0. The molecule has 2 aliphatic carbocycles. The molecule has 0 spiro atoms. The maximum Gasteiger partial charge on any atom is -0.00459 e. The molecule has 0 amide bonds. The number of hydrogen-bond acceptors (Lipinski definition) is 1. The van der Waals surface area contributed by atoms with E-state index in [4.69, 9.17) is 5.73 Å². The Kier molecular flexibility index (Phi) is 1.54. The summed E-state index contributed by atoms with van der Waals surface area (Å²) in [5.74, 6) is 2.86. The zero-order chi connectivity index (χ0) is 8.06. The molecule has 1 heteroatoms. The Morgan fingerprint density at radius 1 is 1.36 bits per heavy atom. The Balaban J connectivity index is 1.93. The lowest BCUT2D eigenvalue weighted by Gasteiger charge is -2.24. The summed E-state index contributed by atoms with van der Waals surface area (Å²) in [7, 11) is 0. The van der Waals surface area contributed by atoms with Crippen molar-refractivity contribution in [3.63, 3.8) is 0 Å². The number of nitrogens with two attached hydrogens (primary N) is 1. The predicted octanol–water partition coefficient (Wildman–Crippen LogP) is 2.02. The van der Waals surface area contributed by atoms with E-state index in [1.165, 1.54) is 19.3 Å². The van der Waals surface area contributed by atoms with Crippen LogP contribution >= 0.6 is 0 Å². The molecule has 0 bridgehead atoms. The smallest absolute Gasteiger partial charge is 0.00459 e. The SMILES string of the molecule is CC(C)(C1CC1)C1CC1CN. The van der Waals surface area contributed by atoms with Crippen molar-refractivity contribution in [3.05, 3.63) is 0 Å². The Labute approximate surface area is 69.4 Å². The van der Waals surface area contributed by atoms with E-state index >= 15 is 0 Å². The van der Waals surface area contributed by atoms with E-state index in [-0.39, 0.29) is 0 Å². The monoisotopic (exact) mass is 153 g/mol. The summed E-state index contributed by atoms with van der Waals surface area (Å²) in [6, 6.07) is 0. The maximum absolute atomic E-state index is 5.64. The summed E-state index contributed by atoms with van der Waals surface area (Å²) in [6.07, 6.45) is 4.35. The fourth-order valence-electron chi connectivity index (χ4n) is 2.55. The molecule has 2 N–H and O–H groups in total. The van der Waals surface area contributed by atoms with Gasteiger partial charge in [-0.25, -0.2) is 0 Å². The Morgan fingerprint density at radius 3 is 2.36 bits per heavy atom. The second-order valence-electron chi connectivity index (χ2n) is 4.93. The normalized spacial score (nSPS) is 37.4. The molecule has 2 fully saturated rings. The van der Waals surface area contributed by atoms with E-state index in [1.54, 1.807) is 0 Å². The zero-order valence-corrected chi connectivity index (χ0v) is 7.64. The van der Waals surface area contributed by atoms with Gasteiger partial charge >= 0.3 is 0 Å². The first kappa shape index (κ1) is 7.60. The van der Waals surface area contributed by atoms with E-state index in [9.17, 15) is 0 Å². The zero-order valence-electron chi connectivity index (χ0n) is 7.64. The fourth-order valence-corrected chi connectivity index (χ4v) is 2.55. The van der Waals surface area contributed by atoms with Crippen molar-refractivity contribution < 1.29 is 0 Å². The van der Waals surface area contributed by atoms with Gasteiger partial charge in [0.25, 0.3) is 0 Å². The summed E-state index contributed by atoms with van der Waals surface area (Å²) < 4.78 is 0. The second-order valence-corrected chi connectivity index (χ2v) is 4.93. The predicted molar refractivity (Wildman–Crippen MR) is 47.2 cm³/mol. The highest BCUT2D eigenvalue weighted by atomic mass is 14.7. The van der Waals surface area contributed by atoms with Crippen molar-refractivity contribution >= 4 is 0 Å². The van der Waals surface area contributed by atoms with E-state index in [0.717, 1.165) is 24.3 Å². The molecule has 2 unspecified atom stereocenters. The topological polar surface area (TPSA) is 26.0 Å². The van der Waals surface area contributed by atoms with Gasteiger partial charge in [0.05, 0.1) is 0 Å². The molecular formula is C10H19N. The number of rotatable bonds is 3. The lowest BCUT2D eigenvalue weighted by molar-refractivity contribution is 0.246.